The summed E-state index contributed by atoms with van der Waals surface area (Å²) in [5.74, 6) is -1.18. The molecule has 108 valence electrons. The van der Waals surface area contributed by atoms with E-state index in [0.29, 0.717) is 25.4 Å². The first-order valence-electron chi connectivity index (χ1n) is 6.21. The summed E-state index contributed by atoms with van der Waals surface area (Å²) in [6.07, 6.45) is 0. The maximum Gasteiger partial charge on any atom is 0.335 e. The number of carbonyl (C=O) groups is 1. The molecule has 1 heterocycles. The van der Waals surface area contributed by atoms with Gasteiger partial charge in [-0.2, -0.15) is 0 Å². The maximum absolute atomic E-state index is 11.2. The third kappa shape index (κ3) is 2.88. The van der Waals surface area contributed by atoms with E-state index < -0.39 is 16.5 Å². The van der Waals surface area contributed by atoms with Gasteiger partial charge in [-0.05, 0) is 26.0 Å². The number of anilines is 1. The van der Waals surface area contributed by atoms with Gasteiger partial charge in [-0.3, -0.25) is 10.1 Å². The fraction of sp³-hybridized carbons (Fsp3) is 0.462. The van der Waals surface area contributed by atoms with Gasteiger partial charge in [0.25, 0.3) is 5.69 Å². The zero-order valence-corrected chi connectivity index (χ0v) is 11.3. The van der Waals surface area contributed by atoms with Gasteiger partial charge in [0.05, 0.1) is 22.7 Å². The average Bonchev–Trinajstić information content (AvgIpc) is 2.36. The predicted molar refractivity (Wildman–Crippen MR) is 72.3 cm³/mol. The van der Waals surface area contributed by atoms with E-state index in [0.717, 1.165) is 6.07 Å². The Morgan fingerprint density at radius 3 is 2.75 bits per heavy atom. The molecule has 7 heteroatoms. The molecule has 0 atom stereocenters. The molecule has 0 spiro atoms. The molecule has 0 unspecified atom stereocenters. The van der Waals surface area contributed by atoms with E-state index >= 15 is 0 Å². The van der Waals surface area contributed by atoms with Gasteiger partial charge in [0, 0.05) is 19.2 Å². The topological polar surface area (TPSA) is 92.9 Å². The minimum Gasteiger partial charge on any atom is -0.478 e. The Labute approximate surface area is 115 Å². The lowest BCUT2D eigenvalue weighted by Crippen LogP contribution is -2.48. The van der Waals surface area contributed by atoms with Crippen LogP contribution in [-0.2, 0) is 4.74 Å². The number of carboxylic acids is 1. The van der Waals surface area contributed by atoms with Crippen LogP contribution >= 0.6 is 0 Å². The van der Waals surface area contributed by atoms with Crippen LogP contribution in [0.1, 0.15) is 24.2 Å². The van der Waals surface area contributed by atoms with Crippen molar-refractivity contribution in [1.29, 1.82) is 0 Å². The average molecular weight is 280 g/mol. The summed E-state index contributed by atoms with van der Waals surface area (Å²) in [6, 6.07) is 3.97. The van der Waals surface area contributed by atoms with Gasteiger partial charge in [-0.15, -0.1) is 0 Å². The lowest BCUT2D eigenvalue weighted by atomic mass is 10.1. The van der Waals surface area contributed by atoms with E-state index in [4.69, 9.17) is 9.84 Å². The van der Waals surface area contributed by atoms with Gasteiger partial charge in [-0.25, -0.2) is 4.79 Å². The molecule has 20 heavy (non-hydrogen) atoms. The number of nitrogens with zero attached hydrogens (tertiary/aromatic N) is 2. The SMILES string of the molecule is CC1(C)CN(c2ccc(C(=O)O)cc2[N+](=O)[O-])CCO1. The summed E-state index contributed by atoms with van der Waals surface area (Å²) in [7, 11) is 0. The summed E-state index contributed by atoms with van der Waals surface area (Å²) in [5.41, 5.74) is -0.246. The number of ether oxygens (including phenoxy) is 1. The van der Waals surface area contributed by atoms with Crippen molar-refractivity contribution >= 4 is 17.3 Å². The first kappa shape index (κ1) is 14.3. The molecule has 0 saturated carbocycles. The Bertz CT molecular complexity index is 556. The fourth-order valence-electron chi connectivity index (χ4n) is 2.29. The summed E-state index contributed by atoms with van der Waals surface area (Å²) in [5, 5.41) is 20.1. The van der Waals surface area contributed by atoms with E-state index in [1.807, 2.05) is 18.7 Å². The standard InChI is InChI=1S/C13H16N2O5/c1-13(2)8-14(5-6-20-13)10-4-3-9(12(16)17)7-11(10)15(18)19/h3-4,7H,5-6,8H2,1-2H3,(H,16,17). The van der Waals surface area contributed by atoms with Crippen molar-refractivity contribution in [3.8, 4) is 0 Å². The van der Waals surface area contributed by atoms with Crippen molar-refractivity contribution < 1.29 is 19.6 Å². The number of nitro groups is 1. The third-order valence-electron chi connectivity index (χ3n) is 3.19. The van der Waals surface area contributed by atoms with Crippen molar-refractivity contribution in [1.82, 2.24) is 0 Å². The van der Waals surface area contributed by atoms with Crippen molar-refractivity contribution in [2.24, 2.45) is 0 Å². The van der Waals surface area contributed by atoms with Crippen LogP contribution < -0.4 is 4.90 Å². The first-order valence-corrected chi connectivity index (χ1v) is 6.21. The number of nitro benzene ring substituents is 1. The number of benzene rings is 1. The number of aromatic carboxylic acids is 1. The molecule has 1 aliphatic rings. The zero-order chi connectivity index (χ0) is 14.9. The highest BCUT2D eigenvalue weighted by molar-refractivity contribution is 5.89. The Morgan fingerprint density at radius 2 is 2.20 bits per heavy atom. The van der Waals surface area contributed by atoms with Crippen LogP contribution in [-0.4, -0.2) is 41.3 Å². The van der Waals surface area contributed by atoms with Crippen LogP contribution in [0.15, 0.2) is 18.2 Å². The zero-order valence-electron chi connectivity index (χ0n) is 11.3. The second kappa shape index (κ2) is 5.09. The molecular weight excluding hydrogens is 264 g/mol. The van der Waals surface area contributed by atoms with Crippen LogP contribution in [0.25, 0.3) is 0 Å². The Hall–Kier alpha value is -2.15. The van der Waals surface area contributed by atoms with E-state index in [-0.39, 0.29) is 11.3 Å². The van der Waals surface area contributed by atoms with Gasteiger partial charge < -0.3 is 14.7 Å². The second-order valence-electron chi connectivity index (χ2n) is 5.30. The number of hydrogen-bond donors (Lipinski definition) is 1. The molecule has 1 aromatic carbocycles. The quantitative estimate of drug-likeness (QED) is 0.671. The van der Waals surface area contributed by atoms with E-state index in [1.54, 1.807) is 0 Å². The summed E-state index contributed by atoms with van der Waals surface area (Å²) in [4.78, 5) is 23.4. The second-order valence-corrected chi connectivity index (χ2v) is 5.30. The van der Waals surface area contributed by atoms with Gasteiger partial charge in [0.15, 0.2) is 0 Å². The molecule has 0 bridgehead atoms. The molecule has 0 amide bonds. The highest BCUT2D eigenvalue weighted by Gasteiger charge is 2.31. The van der Waals surface area contributed by atoms with Gasteiger partial charge in [0.2, 0.25) is 0 Å². The van der Waals surface area contributed by atoms with Crippen LogP contribution in [0.2, 0.25) is 0 Å². The Kier molecular flexibility index (Phi) is 3.63. The molecule has 1 saturated heterocycles. The number of hydrogen-bond acceptors (Lipinski definition) is 5. The first-order chi connectivity index (χ1) is 9.30. The number of morpholine rings is 1. The molecule has 1 N–H and O–H groups in total. The molecule has 0 aromatic heterocycles. The molecule has 1 aromatic rings. The maximum atomic E-state index is 11.2. The number of carboxylic acid groups (broad SMARTS) is 1. The molecule has 1 aliphatic heterocycles. The summed E-state index contributed by atoms with van der Waals surface area (Å²) < 4.78 is 5.57. The molecule has 0 aliphatic carbocycles. The van der Waals surface area contributed by atoms with E-state index in [2.05, 4.69) is 0 Å². The van der Waals surface area contributed by atoms with Gasteiger partial charge in [-0.1, -0.05) is 0 Å². The molecule has 2 rings (SSSR count). The van der Waals surface area contributed by atoms with Crippen molar-refractivity contribution in [2.45, 2.75) is 19.4 Å². The molecular formula is C13H16N2O5. The largest absolute Gasteiger partial charge is 0.478 e. The van der Waals surface area contributed by atoms with Gasteiger partial charge >= 0.3 is 5.97 Å². The summed E-state index contributed by atoms with van der Waals surface area (Å²) in [6.45, 7) is 5.36. The Morgan fingerprint density at radius 1 is 1.50 bits per heavy atom. The fourth-order valence-corrected chi connectivity index (χ4v) is 2.29. The van der Waals surface area contributed by atoms with Crippen LogP contribution in [0.4, 0.5) is 11.4 Å². The number of rotatable bonds is 3. The summed E-state index contributed by atoms with van der Waals surface area (Å²) >= 11 is 0. The minimum absolute atomic E-state index is 0.0898. The highest BCUT2D eigenvalue weighted by atomic mass is 16.6. The normalized spacial score (nSPS) is 17.8. The Balaban J connectivity index is 2.40. The van der Waals surface area contributed by atoms with E-state index in [9.17, 15) is 14.9 Å². The molecule has 0 radical (unpaired) electrons. The lowest BCUT2D eigenvalue weighted by Gasteiger charge is -2.39. The van der Waals surface area contributed by atoms with Crippen LogP contribution in [0.5, 0.6) is 0 Å². The molecule has 7 nitrogen and oxygen atoms in total. The minimum atomic E-state index is -1.18. The lowest BCUT2D eigenvalue weighted by molar-refractivity contribution is -0.384. The molecule has 1 fully saturated rings. The highest BCUT2D eigenvalue weighted by Crippen LogP contribution is 2.32. The van der Waals surface area contributed by atoms with Gasteiger partial charge in [0.1, 0.15) is 5.69 Å². The predicted octanol–water partition coefficient (Wildman–Crippen LogP) is 1.91. The van der Waals surface area contributed by atoms with Crippen molar-refractivity contribution in [3.05, 3.63) is 33.9 Å². The van der Waals surface area contributed by atoms with Crippen molar-refractivity contribution in [3.63, 3.8) is 0 Å². The third-order valence-corrected chi connectivity index (χ3v) is 3.19. The van der Waals surface area contributed by atoms with Crippen LogP contribution in [0, 0.1) is 10.1 Å². The monoisotopic (exact) mass is 280 g/mol. The van der Waals surface area contributed by atoms with Crippen LogP contribution in [0.3, 0.4) is 0 Å². The van der Waals surface area contributed by atoms with Crippen molar-refractivity contribution in [2.75, 3.05) is 24.6 Å². The smallest absolute Gasteiger partial charge is 0.335 e. The van der Waals surface area contributed by atoms with E-state index in [1.165, 1.54) is 12.1 Å².